The molecule has 0 unspecified atom stereocenters. The van der Waals surface area contributed by atoms with E-state index in [0.717, 1.165) is 24.1 Å². The molecule has 1 saturated heterocycles. The van der Waals surface area contributed by atoms with E-state index < -0.39 is 5.25 Å². The van der Waals surface area contributed by atoms with Gasteiger partial charge in [0.15, 0.2) is 5.17 Å². The van der Waals surface area contributed by atoms with Crippen molar-refractivity contribution >= 4 is 34.4 Å². The van der Waals surface area contributed by atoms with Crippen LogP contribution in [0.3, 0.4) is 0 Å². The van der Waals surface area contributed by atoms with E-state index >= 15 is 0 Å². The van der Waals surface area contributed by atoms with E-state index in [4.69, 9.17) is 0 Å². The number of aryl methyl sites for hydroxylation is 1. The number of benzene rings is 1. The average molecular weight is 345 g/mol. The second kappa shape index (κ2) is 7.83. The number of amides is 2. The Morgan fingerprint density at radius 2 is 2.04 bits per heavy atom. The molecule has 6 heteroatoms. The summed E-state index contributed by atoms with van der Waals surface area (Å²) >= 11 is 1.38. The maximum atomic E-state index is 12.2. The van der Waals surface area contributed by atoms with Crippen molar-refractivity contribution in [2.45, 2.75) is 56.7 Å². The zero-order valence-electron chi connectivity index (χ0n) is 13.9. The van der Waals surface area contributed by atoms with E-state index in [2.05, 4.69) is 15.6 Å². The summed E-state index contributed by atoms with van der Waals surface area (Å²) in [6, 6.07) is 7.95. The molecule has 1 aromatic rings. The number of amidine groups is 1. The first-order valence-corrected chi connectivity index (χ1v) is 9.40. The second-order valence-corrected chi connectivity index (χ2v) is 7.58. The van der Waals surface area contributed by atoms with E-state index in [9.17, 15) is 9.59 Å². The molecule has 0 spiro atoms. The van der Waals surface area contributed by atoms with Crippen molar-refractivity contribution in [3.05, 3.63) is 29.8 Å². The van der Waals surface area contributed by atoms with Crippen molar-refractivity contribution in [2.24, 2.45) is 4.99 Å². The molecule has 2 N–H and O–H groups in total. The van der Waals surface area contributed by atoms with Crippen molar-refractivity contribution in [3.8, 4) is 0 Å². The van der Waals surface area contributed by atoms with Gasteiger partial charge < -0.3 is 10.6 Å². The Kier molecular flexibility index (Phi) is 5.56. The molecule has 1 aromatic carbocycles. The third-order valence-electron chi connectivity index (χ3n) is 4.44. The molecule has 2 amide bonds. The minimum Gasteiger partial charge on any atom is -0.326 e. The standard InChI is InChI=1S/C18H23N3O2S/c1-12-7-5-6-10-14(12)20-16(22)11-15-17(23)21-18(24-15)19-13-8-3-2-4-9-13/h5-7,10,13,15H,2-4,8-9,11H2,1H3,(H,20,22)(H,19,21,23)/t15-/m1/s1. The zero-order valence-corrected chi connectivity index (χ0v) is 14.7. The third-order valence-corrected chi connectivity index (χ3v) is 5.54. The van der Waals surface area contributed by atoms with Crippen LogP contribution in [0.15, 0.2) is 29.3 Å². The van der Waals surface area contributed by atoms with Crippen molar-refractivity contribution in [1.82, 2.24) is 5.32 Å². The lowest BCUT2D eigenvalue weighted by Crippen LogP contribution is -2.28. The van der Waals surface area contributed by atoms with E-state index in [1.54, 1.807) is 0 Å². The van der Waals surface area contributed by atoms with Crippen LogP contribution in [-0.2, 0) is 9.59 Å². The Labute approximate surface area is 146 Å². The fourth-order valence-electron chi connectivity index (χ4n) is 3.06. The molecule has 2 fully saturated rings. The molecule has 5 nitrogen and oxygen atoms in total. The predicted octanol–water partition coefficient (Wildman–Crippen LogP) is 3.24. The first kappa shape index (κ1) is 17.0. The highest BCUT2D eigenvalue weighted by Gasteiger charge is 2.32. The summed E-state index contributed by atoms with van der Waals surface area (Å²) in [5.41, 5.74) is 1.80. The summed E-state index contributed by atoms with van der Waals surface area (Å²) in [6.45, 7) is 1.95. The van der Waals surface area contributed by atoms with Crippen molar-refractivity contribution in [1.29, 1.82) is 0 Å². The molecule has 24 heavy (non-hydrogen) atoms. The van der Waals surface area contributed by atoms with E-state index in [1.807, 2.05) is 31.2 Å². The molecule has 3 rings (SSSR count). The lowest BCUT2D eigenvalue weighted by atomic mass is 9.96. The lowest BCUT2D eigenvalue weighted by molar-refractivity contribution is -0.122. The molecule has 2 aliphatic rings. The van der Waals surface area contributed by atoms with E-state index in [1.165, 1.54) is 31.0 Å². The van der Waals surface area contributed by atoms with Crippen molar-refractivity contribution < 1.29 is 9.59 Å². The number of para-hydroxylation sites is 1. The van der Waals surface area contributed by atoms with E-state index in [-0.39, 0.29) is 18.2 Å². The summed E-state index contributed by atoms with van der Waals surface area (Å²) in [4.78, 5) is 29.0. The molecular formula is C18H23N3O2S. The van der Waals surface area contributed by atoms with Crippen LogP contribution in [0.1, 0.15) is 44.1 Å². The molecule has 0 radical (unpaired) electrons. The molecular weight excluding hydrogens is 322 g/mol. The number of hydrogen-bond acceptors (Lipinski definition) is 4. The number of carbonyl (C=O) groups excluding carboxylic acids is 2. The summed E-state index contributed by atoms with van der Waals surface area (Å²) in [7, 11) is 0. The zero-order chi connectivity index (χ0) is 16.9. The number of nitrogens with one attached hydrogen (secondary N) is 2. The van der Waals surface area contributed by atoms with Crippen molar-refractivity contribution in [2.75, 3.05) is 5.32 Å². The van der Waals surface area contributed by atoms with Crippen LogP contribution in [0.25, 0.3) is 0 Å². The highest BCUT2D eigenvalue weighted by atomic mass is 32.2. The first-order chi connectivity index (χ1) is 11.6. The fourth-order valence-corrected chi connectivity index (χ4v) is 4.10. The van der Waals surface area contributed by atoms with Gasteiger partial charge in [0.05, 0.1) is 6.04 Å². The van der Waals surface area contributed by atoms with Crippen LogP contribution in [0.2, 0.25) is 0 Å². The Morgan fingerprint density at radius 3 is 2.79 bits per heavy atom. The molecule has 1 saturated carbocycles. The van der Waals surface area contributed by atoms with Crippen LogP contribution in [0, 0.1) is 6.92 Å². The highest BCUT2D eigenvalue weighted by Crippen LogP contribution is 2.27. The maximum Gasteiger partial charge on any atom is 0.240 e. The number of carbonyl (C=O) groups is 2. The quantitative estimate of drug-likeness (QED) is 0.880. The monoisotopic (exact) mass is 345 g/mol. The van der Waals surface area contributed by atoms with Gasteiger partial charge in [-0.25, -0.2) is 0 Å². The van der Waals surface area contributed by atoms with Gasteiger partial charge in [-0.3, -0.25) is 14.6 Å². The maximum absolute atomic E-state index is 12.2. The van der Waals surface area contributed by atoms with Crippen LogP contribution >= 0.6 is 11.8 Å². The summed E-state index contributed by atoms with van der Waals surface area (Å²) < 4.78 is 0. The molecule has 1 atom stereocenters. The minimum atomic E-state index is -0.392. The van der Waals surface area contributed by atoms with Crippen LogP contribution < -0.4 is 10.6 Å². The van der Waals surface area contributed by atoms with Gasteiger partial charge in [0.25, 0.3) is 0 Å². The van der Waals surface area contributed by atoms with Gasteiger partial charge in [-0.2, -0.15) is 0 Å². The van der Waals surface area contributed by atoms with Gasteiger partial charge >= 0.3 is 0 Å². The Hall–Kier alpha value is -1.82. The first-order valence-electron chi connectivity index (χ1n) is 8.52. The summed E-state index contributed by atoms with van der Waals surface area (Å²) in [5, 5.41) is 6.00. The molecule has 128 valence electrons. The predicted molar refractivity (Wildman–Crippen MR) is 98.3 cm³/mol. The topological polar surface area (TPSA) is 70.6 Å². The van der Waals surface area contributed by atoms with Gasteiger partial charge in [-0.1, -0.05) is 49.2 Å². The van der Waals surface area contributed by atoms with Gasteiger partial charge in [0, 0.05) is 12.1 Å². The van der Waals surface area contributed by atoms with Gasteiger partial charge in [0.1, 0.15) is 5.25 Å². The third kappa shape index (κ3) is 4.38. The molecule has 1 heterocycles. The van der Waals surface area contributed by atoms with Crippen molar-refractivity contribution in [3.63, 3.8) is 0 Å². The van der Waals surface area contributed by atoms with E-state index in [0.29, 0.717) is 11.2 Å². The van der Waals surface area contributed by atoms with Crippen LogP contribution in [0.5, 0.6) is 0 Å². The SMILES string of the molecule is Cc1ccccc1NC(=O)C[C@H]1SC(=NC2CCCCC2)NC1=O. The second-order valence-electron chi connectivity index (χ2n) is 6.39. The Balaban J connectivity index is 1.55. The Morgan fingerprint density at radius 1 is 1.29 bits per heavy atom. The number of nitrogens with zero attached hydrogens (tertiary/aromatic N) is 1. The molecule has 0 bridgehead atoms. The lowest BCUT2D eigenvalue weighted by Gasteiger charge is -2.17. The molecule has 1 aliphatic heterocycles. The fraction of sp³-hybridized carbons (Fsp3) is 0.500. The number of thioether (sulfide) groups is 1. The highest BCUT2D eigenvalue weighted by molar-refractivity contribution is 8.15. The number of hydrogen-bond donors (Lipinski definition) is 2. The molecule has 1 aliphatic carbocycles. The number of aliphatic imine (C=N–C) groups is 1. The van der Waals surface area contributed by atoms with Gasteiger partial charge in [-0.05, 0) is 31.4 Å². The van der Waals surface area contributed by atoms with Gasteiger partial charge in [0.2, 0.25) is 11.8 Å². The van der Waals surface area contributed by atoms with Crippen LogP contribution in [-0.4, -0.2) is 28.3 Å². The Bertz CT molecular complexity index is 653. The average Bonchev–Trinajstić information content (AvgIpc) is 2.90. The minimum absolute atomic E-state index is 0.116. The molecule has 0 aromatic heterocycles. The van der Waals surface area contributed by atoms with Gasteiger partial charge in [-0.15, -0.1) is 0 Å². The smallest absolute Gasteiger partial charge is 0.240 e. The number of anilines is 1. The normalized spacial score (nSPS) is 23.3. The summed E-state index contributed by atoms with van der Waals surface area (Å²) in [5.74, 6) is -0.259. The largest absolute Gasteiger partial charge is 0.326 e. The number of rotatable bonds is 4. The summed E-state index contributed by atoms with van der Waals surface area (Å²) in [6.07, 6.45) is 6.05. The van der Waals surface area contributed by atoms with Crippen LogP contribution in [0.4, 0.5) is 5.69 Å².